The van der Waals surface area contributed by atoms with E-state index in [9.17, 15) is 18.0 Å². The third kappa shape index (κ3) is 3.24. The predicted molar refractivity (Wildman–Crippen MR) is 66.9 cm³/mol. The van der Waals surface area contributed by atoms with Gasteiger partial charge in [0.1, 0.15) is 6.04 Å². The molecule has 1 rings (SSSR count). The Morgan fingerprint density at radius 2 is 2.00 bits per heavy atom. The van der Waals surface area contributed by atoms with Gasteiger partial charge >= 0.3 is 11.9 Å². The number of methoxy groups -OCH3 is 1. The number of hydrogen-bond acceptors (Lipinski definition) is 5. The van der Waals surface area contributed by atoms with Crippen LogP contribution in [0.3, 0.4) is 0 Å². The van der Waals surface area contributed by atoms with Gasteiger partial charge in [-0.15, -0.1) is 0 Å². The fraction of sp³-hybridized carbons (Fsp3) is 0.818. The van der Waals surface area contributed by atoms with E-state index in [1.54, 1.807) is 0 Å². The van der Waals surface area contributed by atoms with E-state index in [0.717, 1.165) is 11.4 Å². The van der Waals surface area contributed by atoms with Crippen molar-refractivity contribution in [3.8, 4) is 0 Å². The van der Waals surface area contributed by atoms with Crippen LogP contribution in [0.15, 0.2) is 0 Å². The molecule has 0 amide bonds. The molecule has 1 N–H and O–H groups in total. The molecule has 3 atom stereocenters. The summed E-state index contributed by atoms with van der Waals surface area (Å²) in [5.74, 6) is -1.93. The summed E-state index contributed by atoms with van der Waals surface area (Å²) in [6.45, 7) is 3.20. The summed E-state index contributed by atoms with van der Waals surface area (Å²) in [4.78, 5) is 22.6. The monoisotopic (exact) mass is 293 g/mol. The highest BCUT2D eigenvalue weighted by atomic mass is 32.2. The van der Waals surface area contributed by atoms with E-state index < -0.39 is 33.3 Å². The number of ether oxygens (including phenoxy) is 1. The second-order valence-corrected chi connectivity index (χ2v) is 7.01. The Kier molecular flexibility index (Phi) is 4.92. The molecule has 3 unspecified atom stereocenters. The van der Waals surface area contributed by atoms with Crippen LogP contribution >= 0.6 is 0 Å². The number of esters is 1. The van der Waals surface area contributed by atoms with Gasteiger partial charge in [-0.2, -0.15) is 4.31 Å². The van der Waals surface area contributed by atoms with E-state index in [1.807, 2.05) is 6.92 Å². The maximum absolute atomic E-state index is 12.3. The van der Waals surface area contributed by atoms with Crippen LogP contribution < -0.4 is 0 Å². The third-order valence-corrected chi connectivity index (χ3v) is 5.58. The topological polar surface area (TPSA) is 101 Å². The fourth-order valence-electron chi connectivity index (χ4n) is 2.14. The van der Waals surface area contributed by atoms with Gasteiger partial charge in [0, 0.05) is 6.54 Å². The number of hydrogen-bond donors (Lipinski definition) is 1. The van der Waals surface area contributed by atoms with Crippen molar-refractivity contribution in [1.82, 2.24) is 4.31 Å². The standard InChI is InChI=1S/C11H19NO6S/c1-7-4-5-12(9(6-7)10(13)14)19(16,17)8(2)11(15)18-3/h7-9H,4-6H2,1-3H3,(H,13,14). The number of carbonyl (C=O) groups excluding carboxylic acids is 1. The van der Waals surface area contributed by atoms with Crippen molar-refractivity contribution < 1.29 is 27.9 Å². The molecular weight excluding hydrogens is 274 g/mol. The first-order chi connectivity index (χ1) is 8.71. The van der Waals surface area contributed by atoms with Crippen molar-refractivity contribution in [3.05, 3.63) is 0 Å². The van der Waals surface area contributed by atoms with Gasteiger partial charge < -0.3 is 9.84 Å². The summed E-state index contributed by atoms with van der Waals surface area (Å²) in [5, 5.41) is 7.75. The molecule has 1 heterocycles. The van der Waals surface area contributed by atoms with Crippen LogP contribution in [0, 0.1) is 5.92 Å². The van der Waals surface area contributed by atoms with Crippen LogP contribution in [0.2, 0.25) is 0 Å². The second kappa shape index (κ2) is 5.87. The second-order valence-electron chi connectivity index (χ2n) is 4.80. The van der Waals surface area contributed by atoms with E-state index in [1.165, 1.54) is 6.92 Å². The molecule has 0 aromatic heterocycles. The molecular formula is C11H19NO6S. The molecule has 0 aliphatic carbocycles. The molecule has 1 aliphatic rings. The zero-order chi connectivity index (χ0) is 14.8. The number of carboxylic acids is 1. The lowest BCUT2D eigenvalue weighted by atomic mass is 9.94. The molecule has 0 bridgehead atoms. The van der Waals surface area contributed by atoms with Crippen molar-refractivity contribution >= 4 is 22.0 Å². The molecule has 1 fully saturated rings. The normalized spacial score (nSPS) is 26.7. The quantitative estimate of drug-likeness (QED) is 0.736. The molecule has 0 aromatic rings. The van der Waals surface area contributed by atoms with E-state index in [4.69, 9.17) is 5.11 Å². The van der Waals surface area contributed by atoms with Crippen LogP contribution in [0.5, 0.6) is 0 Å². The van der Waals surface area contributed by atoms with Gasteiger partial charge in [0.05, 0.1) is 7.11 Å². The Labute approximate surface area is 112 Å². The Morgan fingerprint density at radius 1 is 1.42 bits per heavy atom. The van der Waals surface area contributed by atoms with E-state index in [-0.39, 0.29) is 18.9 Å². The minimum atomic E-state index is -4.01. The predicted octanol–water partition coefficient (Wildman–Crippen LogP) is 0.0628. The SMILES string of the molecule is COC(=O)C(C)S(=O)(=O)N1CCC(C)CC1C(=O)O. The van der Waals surface area contributed by atoms with E-state index >= 15 is 0 Å². The minimum Gasteiger partial charge on any atom is -0.480 e. The number of nitrogens with zero attached hydrogens (tertiary/aromatic N) is 1. The van der Waals surface area contributed by atoms with E-state index in [0.29, 0.717) is 6.42 Å². The largest absolute Gasteiger partial charge is 0.480 e. The lowest BCUT2D eigenvalue weighted by molar-refractivity contribution is -0.143. The van der Waals surface area contributed by atoms with Crippen molar-refractivity contribution in [1.29, 1.82) is 0 Å². The average Bonchev–Trinajstić information content (AvgIpc) is 2.36. The molecule has 7 nitrogen and oxygen atoms in total. The molecule has 0 radical (unpaired) electrons. The van der Waals surface area contributed by atoms with Gasteiger partial charge in [-0.3, -0.25) is 9.59 Å². The third-order valence-electron chi connectivity index (χ3n) is 3.41. The zero-order valence-corrected chi connectivity index (χ0v) is 12.0. The maximum Gasteiger partial charge on any atom is 0.325 e. The van der Waals surface area contributed by atoms with Crippen LogP contribution in [0.4, 0.5) is 0 Å². The summed E-state index contributed by atoms with van der Waals surface area (Å²) < 4.78 is 29.9. The highest BCUT2D eigenvalue weighted by Gasteiger charge is 2.43. The first-order valence-electron chi connectivity index (χ1n) is 6.03. The van der Waals surface area contributed by atoms with E-state index in [2.05, 4.69) is 4.74 Å². The minimum absolute atomic E-state index is 0.113. The first-order valence-corrected chi connectivity index (χ1v) is 7.53. The molecule has 1 aliphatic heterocycles. The van der Waals surface area contributed by atoms with Crippen LogP contribution in [0.1, 0.15) is 26.7 Å². The molecule has 19 heavy (non-hydrogen) atoms. The lowest BCUT2D eigenvalue weighted by Gasteiger charge is -2.35. The summed E-state index contributed by atoms with van der Waals surface area (Å²) in [6, 6.07) is -1.11. The molecule has 0 aromatic carbocycles. The fourth-order valence-corrected chi connectivity index (χ4v) is 3.78. The lowest BCUT2D eigenvalue weighted by Crippen LogP contribution is -2.53. The highest BCUT2D eigenvalue weighted by molar-refractivity contribution is 7.90. The maximum atomic E-state index is 12.3. The Bertz CT molecular complexity index is 460. The Morgan fingerprint density at radius 3 is 2.47 bits per heavy atom. The van der Waals surface area contributed by atoms with Crippen molar-refractivity contribution in [2.75, 3.05) is 13.7 Å². The van der Waals surface area contributed by atoms with Gasteiger partial charge in [0.15, 0.2) is 5.25 Å². The van der Waals surface area contributed by atoms with Gasteiger partial charge in [-0.1, -0.05) is 6.92 Å². The number of aliphatic carboxylic acids is 1. The summed E-state index contributed by atoms with van der Waals surface area (Å²) in [6.07, 6.45) is 0.833. The van der Waals surface area contributed by atoms with Gasteiger partial charge in [-0.05, 0) is 25.7 Å². The summed E-state index contributed by atoms with van der Waals surface area (Å²) in [7, 11) is -2.91. The van der Waals surface area contributed by atoms with Crippen molar-refractivity contribution in [2.45, 2.75) is 38.0 Å². The molecule has 0 saturated carbocycles. The number of piperidine rings is 1. The smallest absolute Gasteiger partial charge is 0.325 e. The molecule has 1 saturated heterocycles. The summed E-state index contributed by atoms with van der Waals surface area (Å²) >= 11 is 0. The zero-order valence-electron chi connectivity index (χ0n) is 11.2. The highest BCUT2D eigenvalue weighted by Crippen LogP contribution is 2.27. The number of sulfonamides is 1. The number of carboxylic acid groups (broad SMARTS) is 1. The average molecular weight is 293 g/mol. The molecule has 0 spiro atoms. The van der Waals surface area contributed by atoms with Gasteiger partial charge in [0.2, 0.25) is 10.0 Å². The van der Waals surface area contributed by atoms with Gasteiger partial charge in [-0.25, -0.2) is 8.42 Å². The van der Waals surface area contributed by atoms with Crippen LogP contribution in [-0.2, 0) is 24.3 Å². The van der Waals surface area contributed by atoms with Crippen LogP contribution in [-0.4, -0.2) is 54.7 Å². The summed E-state index contributed by atoms with van der Waals surface area (Å²) in [5.41, 5.74) is 0. The molecule has 8 heteroatoms. The van der Waals surface area contributed by atoms with Crippen molar-refractivity contribution in [2.24, 2.45) is 5.92 Å². The Hall–Kier alpha value is -1.15. The van der Waals surface area contributed by atoms with Crippen molar-refractivity contribution in [3.63, 3.8) is 0 Å². The number of carbonyl (C=O) groups is 2. The molecule has 110 valence electrons. The first kappa shape index (κ1) is 15.9. The van der Waals surface area contributed by atoms with Gasteiger partial charge in [0.25, 0.3) is 0 Å². The Balaban J connectivity index is 3.04. The van der Waals surface area contributed by atoms with Crippen LogP contribution in [0.25, 0.3) is 0 Å². The number of rotatable bonds is 4.